The first-order valence-corrected chi connectivity index (χ1v) is 13.8. The largest absolute Gasteiger partial charge is 0.512 e. The van der Waals surface area contributed by atoms with Gasteiger partial charge in [-0.1, -0.05) is 26.0 Å². The summed E-state index contributed by atoms with van der Waals surface area (Å²) in [5.41, 5.74) is 1.38. The number of hydrogen-bond acceptors (Lipinski definition) is 5. The zero-order valence-corrected chi connectivity index (χ0v) is 21.8. The molecule has 35 heavy (non-hydrogen) atoms. The minimum absolute atomic E-state index is 0.00320. The van der Waals surface area contributed by atoms with Crippen molar-refractivity contribution < 1.29 is 20.1 Å². The van der Waals surface area contributed by atoms with Crippen LogP contribution in [0.5, 0.6) is 0 Å². The Morgan fingerprint density at radius 3 is 2.69 bits per heavy atom. The van der Waals surface area contributed by atoms with Crippen molar-refractivity contribution in [1.29, 1.82) is 0 Å². The van der Waals surface area contributed by atoms with E-state index in [1.807, 2.05) is 0 Å². The van der Waals surface area contributed by atoms with Gasteiger partial charge in [0, 0.05) is 24.8 Å². The summed E-state index contributed by atoms with van der Waals surface area (Å²) in [6.45, 7) is 7.19. The molecule has 0 radical (unpaired) electrons. The molecule has 5 heteroatoms. The lowest BCUT2D eigenvalue weighted by Crippen LogP contribution is -2.64. The average Bonchev–Trinajstić information content (AvgIpc) is 3.43. The molecule has 0 aromatic heterocycles. The fourth-order valence-corrected chi connectivity index (χ4v) is 10.5. The summed E-state index contributed by atoms with van der Waals surface area (Å²) in [7, 11) is 1.67. The molecule has 0 saturated heterocycles. The van der Waals surface area contributed by atoms with Crippen molar-refractivity contribution in [3.63, 3.8) is 0 Å². The SMILES string of the molecule is COC1C=C(O)C2C3CC4CCC5(CCC(Cc6cccc(NCC(C)O)c6)C5)C3(C)C4(C)C12O. The van der Waals surface area contributed by atoms with Gasteiger partial charge in [0.2, 0.25) is 0 Å². The molecule has 1 aromatic rings. The van der Waals surface area contributed by atoms with Crippen molar-refractivity contribution in [2.24, 2.45) is 39.9 Å². The second kappa shape index (κ2) is 7.72. The van der Waals surface area contributed by atoms with Crippen LogP contribution in [0.1, 0.15) is 64.9 Å². The quantitative estimate of drug-likeness (QED) is 0.455. The molecule has 5 nitrogen and oxygen atoms in total. The Morgan fingerprint density at radius 1 is 1.17 bits per heavy atom. The summed E-state index contributed by atoms with van der Waals surface area (Å²) in [5.74, 6) is 1.62. The van der Waals surface area contributed by atoms with Gasteiger partial charge >= 0.3 is 0 Å². The van der Waals surface area contributed by atoms with Crippen molar-refractivity contribution in [3.05, 3.63) is 41.7 Å². The minimum atomic E-state index is -1.01. The summed E-state index contributed by atoms with van der Waals surface area (Å²) >= 11 is 0. The molecule has 192 valence electrons. The van der Waals surface area contributed by atoms with Crippen LogP contribution >= 0.6 is 0 Å². The van der Waals surface area contributed by atoms with Crippen molar-refractivity contribution in [1.82, 2.24) is 0 Å². The molecule has 4 bridgehead atoms. The van der Waals surface area contributed by atoms with Gasteiger partial charge in [-0.05, 0) is 104 Å². The molecule has 1 aromatic carbocycles. The number of rotatable bonds is 6. The molecule has 0 amide bonds. The van der Waals surface area contributed by atoms with Gasteiger partial charge in [0.05, 0.1) is 17.8 Å². The number of ether oxygens (including phenoxy) is 1. The van der Waals surface area contributed by atoms with Crippen molar-refractivity contribution in [2.45, 2.75) is 83.5 Å². The van der Waals surface area contributed by atoms with E-state index in [-0.39, 0.29) is 28.3 Å². The average molecular weight is 482 g/mol. The number of fused-ring (bicyclic) bond motifs is 2. The highest BCUT2D eigenvalue weighted by molar-refractivity contribution is 5.46. The van der Waals surface area contributed by atoms with E-state index >= 15 is 0 Å². The summed E-state index contributed by atoms with van der Waals surface area (Å²) < 4.78 is 5.82. The lowest BCUT2D eigenvalue weighted by Gasteiger charge is -2.61. The van der Waals surface area contributed by atoms with Gasteiger partial charge in [0.15, 0.2) is 0 Å². The summed E-state index contributed by atoms with van der Waals surface area (Å²) in [5, 5.41) is 36.4. The Morgan fingerprint density at radius 2 is 1.94 bits per heavy atom. The lowest BCUT2D eigenvalue weighted by molar-refractivity contribution is -0.218. The third kappa shape index (κ3) is 2.81. The molecule has 4 fully saturated rings. The maximum atomic E-state index is 12.4. The standard InChI is InChI=1S/C30H43NO4/c1-18(32)17-31-22-7-5-6-19(13-22)12-20-8-10-29(16-20)11-9-21-14-23-26-24(33)15-25(35-4)30(26,34)27(21,2)28(23,29)3/h5-7,13,15,18,20-21,23,25-26,31-34H,8-12,14,16-17H2,1-4H3. The van der Waals surface area contributed by atoms with Crippen molar-refractivity contribution in [2.75, 3.05) is 19.0 Å². The monoisotopic (exact) mass is 481 g/mol. The molecule has 0 aliphatic heterocycles. The second-order valence-corrected chi connectivity index (χ2v) is 13.1. The third-order valence-corrected chi connectivity index (χ3v) is 12.0. The van der Waals surface area contributed by atoms with Crippen LogP contribution in [0.25, 0.3) is 0 Å². The van der Waals surface area contributed by atoms with Crippen LogP contribution in [-0.2, 0) is 11.2 Å². The van der Waals surface area contributed by atoms with Crippen LogP contribution in [0.15, 0.2) is 36.1 Å². The van der Waals surface area contributed by atoms with E-state index in [2.05, 4.69) is 43.4 Å². The van der Waals surface area contributed by atoms with Crippen LogP contribution in [0, 0.1) is 39.9 Å². The molecule has 1 spiro atoms. The summed E-state index contributed by atoms with van der Waals surface area (Å²) in [4.78, 5) is 0. The first-order chi connectivity index (χ1) is 16.6. The van der Waals surface area contributed by atoms with Crippen molar-refractivity contribution >= 4 is 5.69 Å². The van der Waals surface area contributed by atoms with E-state index in [4.69, 9.17) is 4.74 Å². The van der Waals surface area contributed by atoms with Gasteiger partial charge in [-0.15, -0.1) is 0 Å². The first-order valence-electron chi connectivity index (χ1n) is 13.8. The summed E-state index contributed by atoms with van der Waals surface area (Å²) in [6, 6.07) is 8.67. The Labute approximate surface area is 210 Å². The Kier molecular flexibility index (Phi) is 5.25. The van der Waals surface area contributed by atoms with Gasteiger partial charge in [-0.3, -0.25) is 0 Å². The van der Waals surface area contributed by atoms with Gasteiger partial charge in [0.1, 0.15) is 11.7 Å². The molecule has 6 rings (SSSR count). The molecular formula is C30H43NO4. The lowest BCUT2D eigenvalue weighted by atomic mass is 9.44. The van der Waals surface area contributed by atoms with Crippen LogP contribution in [0.3, 0.4) is 0 Å². The van der Waals surface area contributed by atoms with Crippen LogP contribution < -0.4 is 5.32 Å². The highest BCUT2D eigenvalue weighted by Gasteiger charge is 2.86. The number of methoxy groups -OCH3 is 1. The van der Waals surface area contributed by atoms with E-state index < -0.39 is 11.7 Å². The van der Waals surface area contributed by atoms with E-state index in [9.17, 15) is 15.3 Å². The third-order valence-electron chi connectivity index (χ3n) is 12.0. The first kappa shape index (κ1) is 23.8. The highest BCUT2D eigenvalue weighted by Crippen LogP contribution is 2.86. The topological polar surface area (TPSA) is 82.0 Å². The second-order valence-electron chi connectivity index (χ2n) is 13.1. The maximum absolute atomic E-state index is 12.4. The Hall–Kier alpha value is -1.56. The summed E-state index contributed by atoms with van der Waals surface area (Å²) in [6.07, 6.45) is 9.29. The van der Waals surface area contributed by atoms with E-state index in [0.29, 0.717) is 30.1 Å². The van der Waals surface area contributed by atoms with Crippen molar-refractivity contribution in [3.8, 4) is 0 Å². The molecule has 5 aliphatic carbocycles. The molecular weight excluding hydrogens is 438 g/mol. The number of anilines is 1. The number of nitrogens with one attached hydrogen (secondary N) is 1. The maximum Gasteiger partial charge on any atom is 0.111 e. The number of benzene rings is 1. The van der Waals surface area contributed by atoms with E-state index in [1.54, 1.807) is 20.1 Å². The molecule has 5 aliphatic rings. The van der Waals surface area contributed by atoms with Gasteiger partial charge in [0.25, 0.3) is 0 Å². The number of aliphatic hydroxyl groups excluding tert-OH is 2. The van der Waals surface area contributed by atoms with Crippen LogP contribution in [-0.4, -0.2) is 46.8 Å². The number of hydrogen-bond donors (Lipinski definition) is 4. The molecule has 0 heterocycles. The van der Waals surface area contributed by atoms with E-state index in [1.165, 1.54) is 37.7 Å². The molecule has 10 atom stereocenters. The number of aliphatic hydroxyl groups is 3. The van der Waals surface area contributed by atoms with Crippen LogP contribution in [0.4, 0.5) is 5.69 Å². The predicted molar refractivity (Wildman–Crippen MR) is 137 cm³/mol. The highest BCUT2D eigenvalue weighted by atomic mass is 16.5. The van der Waals surface area contributed by atoms with Gasteiger partial charge in [-0.2, -0.15) is 0 Å². The Bertz CT molecular complexity index is 1040. The fraction of sp³-hybridized carbons (Fsp3) is 0.733. The van der Waals surface area contributed by atoms with Gasteiger partial charge in [-0.25, -0.2) is 0 Å². The Balaban J connectivity index is 1.28. The zero-order chi connectivity index (χ0) is 24.8. The predicted octanol–water partition coefficient (Wildman–Crippen LogP) is 5.08. The molecule has 4 saturated carbocycles. The normalized spacial score (nSPS) is 48.3. The smallest absolute Gasteiger partial charge is 0.111 e. The molecule has 4 N–H and O–H groups in total. The zero-order valence-electron chi connectivity index (χ0n) is 21.8. The fourth-order valence-electron chi connectivity index (χ4n) is 10.5. The van der Waals surface area contributed by atoms with Gasteiger partial charge < -0.3 is 25.4 Å². The van der Waals surface area contributed by atoms with Crippen LogP contribution in [0.2, 0.25) is 0 Å². The minimum Gasteiger partial charge on any atom is -0.512 e. The molecule has 10 unspecified atom stereocenters. The van der Waals surface area contributed by atoms with E-state index in [0.717, 1.165) is 18.5 Å².